The van der Waals surface area contributed by atoms with Gasteiger partial charge in [-0.05, 0) is 38.0 Å². The summed E-state index contributed by atoms with van der Waals surface area (Å²) in [5.41, 5.74) is 5.21. The topological polar surface area (TPSA) is 22.0 Å². The molecule has 1 heterocycles. The summed E-state index contributed by atoms with van der Waals surface area (Å²) >= 11 is 5.88. The molecule has 0 aliphatic rings. The Hall–Kier alpha value is -1.54. The fourth-order valence-electron chi connectivity index (χ4n) is 2.51. The first-order valence-corrected chi connectivity index (χ1v) is 7.98. The molecule has 21 heavy (non-hydrogen) atoms. The Bertz CT molecular complexity index is 688. The van der Waals surface area contributed by atoms with Crippen molar-refractivity contribution in [1.29, 1.82) is 0 Å². The number of rotatable bonds is 5. The second-order valence-corrected chi connectivity index (χ2v) is 5.77. The smallest absolute Gasteiger partial charge is 0.255 e. The van der Waals surface area contributed by atoms with Gasteiger partial charge in [-0.3, -0.25) is 4.79 Å². The van der Waals surface area contributed by atoms with Crippen molar-refractivity contribution < 1.29 is 0 Å². The van der Waals surface area contributed by atoms with E-state index in [2.05, 4.69) is 39.0 Å². The van der Waals surface area contributed by atoms with E-state index in [1.54, 1.807) is 0 Å². The van der Waals surface area contributed by atoms with Gasteiger partial charge in [-0.25, -0.2) is 0 Å². The Balaban J connectivity index is 2.64. The molecular formula is C18H22ClNO. The van der Waals surface area contributed by atoms with Crippen LogP contribution in [-0.4, -0.2) is 4.57 Å². The van der Waals surface area contributed by atoms with Crippen molar-refractivity contribution in [3.8, 4) is 11.3 Å². The van der Waals surface area contributed by atoms with E-state index in [-0.39, 0.29) is 11.4 Å². The van der Waals surface area contributed by atoms with Gasteiger partial charge in [0.2, 0.25) is 0 Å². The molecule has 3 heteroatoms. The van der Waals surface area contributed by atoms with Crippen LogP contribution in [0.25, 0.3) is 11.3 Å². The first-order valence-electron chi connectivity index (χ1n) is 7.44. The van der Waals surface area contributed by atoms with E-state index < -0.39 is 0 Å². The summed E-state index contributed by atoms with van der Waals surface area (Å²) in [5.74, 6) is 0.262. The van der Waals surface area contributed by atoms with E-state index in [0.29, 0.717) is 5.56 Å². The molecule has 0 bridgehead atoms. The molecule has 1 aromatic heterocycles. The van der Waals surface area contributed by atoms with E-state index in [0.717, 1.165) is 30.6 Å². The molecule has 0 amide bonds. The third kappa shape index (κ3) is 3.38. The van der Waals surface area contributed by atoms with Crippen LogP contribution in [0.5, 0.6) is 0 Å². The van der Waals surface area contributed by atoms with Crippen LogP contribution in [0.2, 0.25) is 0 Å². The van der Waals surface area contributed by atoms with Crippen LogP contribution in [0.4, 0.5) is 0 Å². The minimum absolute atomic E-state index is 0.0388. The maximum Gasteiger partial charge on any atom is 0.255 e. The molecule has 0 N–H and O–H groups in total. The fourth-order valence-corrected chi connectivity index (χ4v) is 2.71. The van der Waals surface area contributed by atoms with Gasteiger partial charge in [-0.2, -0.15) is 0 Å². The molecule has 0 unspecified atom stereocenters. The summed E-state index contributed by atoms with van der Waals surface area (Å²) < 4.78 is 1.88. The lowest BCUT2D eigenvalue weighted by Gasteiger charge is -2.16. The van der Waals surface area contributed by atoms with Crippen LogP contribution in [0, 0.1) is 13.8 Å². The molecule has 2 rings (SSSR count). The highest BCUT2D eigenvalue weighted by Crippen LogP contribution is 2.24. The second kappa shape index (κ2) is 6.95. The van der Waals surface area contributed by atoms with Crippen LogP contribution >= 0.6 is 11.6 Å². The quantitative estimate of drug-likeness (QED) is 0.736. The maximum absolute atomic E-state index is 12.6. The summed E-state index contributed by atoms with van der Waals surface area (Å²) in [4.78, 5) is 12.6. The number of halogens is 1. The number of aryl methyl sites for hydroxylation is 2. The summed E-state index contributed by atoms with van der Waals surface area (Å²) in [6, 6.07) is 10.2. The third-order valence-electron chi connectivity index (χ3n) is 3.80. The van der Waals surface area contributed by atoms with Crippen LogP contribution in [0.15, 0.2) is 35.1 Å². The zero-order chi connectivity index (χ0) is 15.4. The average molecular weight is 304 g/mol. The van der Waals surface area contributed by atoms with E-state index in [1.807, 2.05) is 16.7 Å². The predicted molar refractivity (Wildman–Crippen MR) is 90.1 cm³/mol. The Kier molecular flexibility index (Phi) is 5.24. The standard InChI is InChI=1S/C18H22ClNO/c1-4-5-10-20-17(9-8-15(12-19)18(20)21)16-11-13(2)6-7-14(16)3/h6-9,11H,4-5,10,12H2,1-3H3. The SMILES string of the molecule is CCCCn1c(-c2cc(C)ccc2C)ccc(CCl)c1=O. The highest BCUT2D eigenvalue weighted by atomic mass is 35.5. The molecule has 0 saturated carbocycles. The summed E-state index contributed by atoms with van der Waals surface area (Å²) in [6.45, 7) is 7.03. The summed E-state index contributed by atoms with van der Waals surface area (Å²) in [6.07, 6.45) is 2.05. The van der Waals surface area contributed by atoms with E-state index in [4.69, 9.17) is 11.6 Å². The number of hydrogen-bond donors (Lipinski definition) is 0. The molecule has 0 atom stereocenters. The van der Waals surface area contributed by atoms with Crippen molar-refractivity contribution >= 4 is 11.6 Å². The lowest BCUT2D eigenvalue weighted by atomic mass is 10.0. The Morgan fingerprint density at radius 2 is 1.90 bits per heavy atom. The number of alkyl halides is 1. The Morgan fingerprint density at radius 1 is 1.14 bits per heavy atom. The summed E-state index contributed by atoms with van der Waals surface area (Å²) in [7, 11) is 0. The van der Waals surface area contributed by atoms with Crippen molar-refractivity contribution in [1.82, 2.24) is 4.57 Å². The first kappa shape index (κ1) is 15.8. The van der Waals surface area contributed by atoms with Gasteiger partial charge in [0.1, 0.15) is 0 Å². The molecule has 0 saturated heterocycles. The van der Waals surface area contributed by atoms with Crippen molar-refractivity contribution in [2.75, 3.05) is 0 Å². The van der Waals surface area contributed by atoms with E-state index in [9.17, 15) is 4.79 Å². The predicted octanol–water partition coefficient (Wildman–Crippen LogP) is 4.67. The molecular weight excluding hydrogens is 282 g/mol. The Labute approximate surface area is 131 Å². The monoisotopic (exact) mass is 303 g/mol. The maximum atomic E-state index is 12.6. The number of benzene rings is 1. The van der Waals surface area contributed by atoms with E-state index in [1.165, 1.54) is 11.1 Å². The lowest BCUT2D eigenvalue weighted by Crippen LogP contribution is -2.24. The second-order valence-electron chi connectivity index (χ2n) is 5.51. The number of unbranched alkanes of at least 4 members (excludes halogenated alkanes) is 1. The van der Waals surface area contributed by atoms with Gasteiger partial charge in [0, 0.05) is 17.7 Å². The van der Waals surface area contributed by atoms with Crippen molar-refractivity contribution in [2.45, 2.75) is 46.0 Å². The number of pyridine rings is 1. The van der Waals surface area contributed by atoms with Gasteiger partial charge in [0.25, 0.3) is 5.56 Å². The van der Waals surface area contributed by atoms with Crippen LogP contribution in [0.1, 0.15) is 36.5 Å². The minimum Gasteiger partial charge on any atom is -0.308 e. The number of nitrogens with zero attached hydrogens (tertiary/aromatic N) is 1. The highest BCUT2D eigenvalue weighted by molar-refractivity contribution is 6.17. The van der Waals surface area contributed by atoms with Crippen molar-refractivity contribution in [2.24, 2.45) is 0 Å². The molecule has 2 aromatic rings. The molecule has 0 aliphatic carbocycles. The van der Waals surface area contributed by atoms with Gasteiger partial charge < -0.3 is 4.57 Å². The van der Waals surface area contributed by atoms with E-state index >= 15 is 0 Å². The zero-order valence-corrected chi connectivity index (χ0v) is 13.7. The summed E-state index contributed by atoms with van der Waals surface area (Å²) in [5, 5.41) is 0. The highest BCUT2D eigenvalue weighted by Gasteiger charge is 2.11. The molecule has 0 spiro atoms. The van der Waals surface area contributed by atoms with Gasteiger partial charge in [-0.1, -0.05) is 37.1 Å². The minimum atomic E-state index is 0.0388. The molecule has 1 aromatic carbocycles. The number of aromatic nitrogens is 1. The van der Waals surface area contributed by atoms with Crippen molar-refractivity contribution in [3.63, 3.8) is 0 Å². The molecule has 0 fully saturated rings. The van der Waals surface area contributed by atoms with Gasteiger partial charge in [-0.15, -0.1) is 11.6 Å². The van der Waals surface area contributed by atoms with Crippen molar-refractivity contribution in [3.05, 3.63) is 57.4 Å². The zero-order valence-electron chi connectivity index (χ0n) is 12.9. The molecule has 2 nitrogen and oxygen atoms in total. The molecule has 0 radical (unpaired) electrons. The van der Waals surface area contributed by atoms with Gasteiger partial charge in [0.05, 0.1) is 11.6 Å². The Morgan fingerprint density at radius 3 is 2.57 bits per heavy atom. The molecule has 112 valence electrons. The lowest BCUT2D eigenvalue weighted by molar-refractivity contribution is 0.615. The van der Waals surface area contributed by atoms with Gasteiger partial charge in [0.15, 0.2) is 0 Å². The normalized spacial score (nSPS) is 10.9. The van der Waals surface area contributed by atoms with Gasteiger partial charge >= 0.3 is 0 Å². The first-order chi connectivity index (χ1) is 10.1. The fraction of sp³-hybridized carbons (Fsp3) is 0.389. The third-order valence-corrected chi connectivity index (χ3v) is 4.09. The van der Waals surface area contributed by atoms with Crippen LogP contribution in [-0.2, 0) is 12.4 Å². The molecule has 0 aliphatic heterocycles. The average Bonchev–Trinajstić information content (AvgIpc) is 2.48. The number of hydrogen-bond acceptors (Lipinski definition) is 1. The van der Waals surface area contributed by atoms with Crippen LogP contribution < -0.4 is 5.56 Å². The largest absolute Gasteiger partial charge is 0.308 e. The van der Waals surface area contributed by atoms with Crippen LogP contribution in [0.3, 0.4) is 0 Å².